The Hall–Kier alpha value is -0.930. The Balaban J connectivity index is 2.48. The molecule has 4 heteroatoms. The molecule has 1 heterocycles. The van der Waals surface area contributed by atoms with Crippen molar-refractivity contribution in [3.8, 4) is 0 Å². The van der Waals surface area contributed by atoms with Crippen molar-refractivity contribution >= 4 is 12.4 Å². The predicted molar refractivity (Wildman–Crippen MR) is 26.3 cm³/mol. The van der Waals surface area contributed by atoms with Gasteiger partial charge in [0, 0.05) is 12.6 Å². The van der Waals surface area contributed by atoms with Crippen molar-refractivity contribution < 1.29 is 9.18 Å². The molecule has 0 aromatic heterocycles. The highest BCUT2D eigenvalue weighted by atomic mass is 19.1. The molecule has 0 aromatic rings. The molecule has 0 aliphatic carbocycles. The number of halogens is 1. The van der Waals surface area contributed by atoms with Crippen LogP contribution in [0.2, 0.25) is 0 Å². The zero-order chi connectivity index (χ0) is 5.98. The highest BCUT2D eigenvalue weighted by Gasteiger charge is 2.12. The zero-order valence-electron chi connectivity index (χ0n) is 4.17. The molecular formula is C4H5FN2O. The van der Waals surface area contributed by atoms with E-state index < -0.39 is 6.16 Å². The summed E-state index contributed by atoms with van der Waals surface area (Å²) in [7, 11) is 0. The topological polar surface area (TPSA) is 32.7 Å². The Morgan fingerprint density at radius 2 is 2.62 bits per heavy atom. The predicted octanol–water partition coefficient (Wildman–Crippen LogP) is 0.767. The van der Waals surface area contributed by atoms with Crippen molar-refractivity contribution in [1.82, 2.24) is 5.01 Å². The second-order valence-electron chi connectivity index (χ2n) is 1.46. The fraction of sp³-hybridized carbons (Fsp3) is 0.500. The summed E-state index contributed by atoms with van der Waals surface area (Å²) in [5.74, 6) is 0. The zero-order valence-corrected chi connectivity index (χ0v) is 4.17. The van der Waals surface area contributed by atoms with E-state index in [4.69, 9.17) is 0 Å². The number of amides is 1. The van der Waals surface area contributed by atoms with Crippen molar-refractivity contribution in [2.75, 3.05) is 6.54 Å². The van der Waals surface area contributed by atoms with Crippen LogP contribution in [0.1, 0.15) is 6.42 Å². The van der Waals surface area contributed by atoms with E-state index in [1.165, 1.54) is 6.21 Å². The van der Waals surface area contributed by atoms with E-state index in [1.807, 2.05) is 0 Å². The fourth-order valence-corrected chi connectivity index (χ4v) is 0.527. The Labute approximate surface area is 45.8 Å². The van der Waals surface area contributed by atoms with E-state index in [9.17, 15) is 9.18 Å². The van der Waals surface area contributed by atoms with Gasteiger partial charge in [0.1, 0.15) is 0 Å². The number of hydrazone groups is 1. The number of hydrogen-bond acceptors (Lipinski definition) is 2. The lowest BCUT2D eigenvalue weighted by molar-refractivity contribution is 0.182. The van der Waals surface area contributed by atoms with E-state index in [0.717, 1.165) is 5.01 Å². The van der Waals surface area contributed by atoms with Crippen LogP contribution < -0.4 is 0 Å². The number of rotatable bonds is 0. The molecule has 1 aliphatic rings. The summed E-state index contributed by atoms with van der Waals surface area (Å²) in [5, 5.41) is 4.21. The van der Waals surface area contributed by atoms with Crippen LogP contribution in [0.3, 0.4) is 0 Å². The van der Waals surface area contributed by atoms with Gasteiger partial charge >= 0.3 is 6.16 Å². The van der Waals surface area contributed by atoms with Crippen LogP contribution in [-0.2, 0) is 0 Å². The lowest BCUT2D eigenvalue weighted by Crippen LogP contribution is -2.16. The average molecular weight is 116 g/mol. The summed E-state index contributed by atoms with van der Waals surface area (Å²) < 4.78 is 11.6. The van der Waals surface area contributed by atoms with Crippen LogP contribution in [-0.4, -0.2) is 23.9 Å². The SMILES string of the molecule is O=C(F)N1CCC=N1. The Bertz CT molecular complexity index is 134. The van der Waals surface area contributed by atoms with Gasteiger partial charge in [0.05, 0.1) is 6.54 Å². The summed E-state index contributed by atoms with van der Waals surface area (Å²) >= 11 is 0. The first kappa shape index (κ1) is 5.21. The molecule has 0 spiro atoms. The molecule has 0 saturated carbocycles. The summed E-state index contributed by atoms with van der Waals surface area (Å²) in [6.07, 6.45) is 0.700. The van der Waals surface area contributed by atoms with Gasteiger partial charge in [-0.3, -0.25) is 0 Å². The maximum absolute atomic E-state index is 11.6. The maximum Gasteiger partial charge on any atom is 0.420 e. The van der Waals surface area contributed by atoms with Gasteiger partial charge in [-0.1, -0.05) is 0 Å². The van der Waals surface area contributed by atoms with Crippen LogP contribution in [0.15, 0.2) is 5.10 Å². The van der Waals surface area contributed by atoms with Gasteiger partial charge in [0.25, 0.3) is 0 Å². The van der Waals surface area contributed by atoms with E-state index >= 15 is 0 Å². The largest absolute Gasteiger partial charge is 0.420 e. The molecule has 1 amide bonds. The van der Waals surface area contributed by atoms with Crippen molar-refractivity contribution in [2.24, 2.45) is 5.10 Å². The minimum absolute atomic E-state index is 0.384. The molecule has 1 rings (SSSR count). The normalized spacial score (nSPS) is 17.4. The third-order valence-electron chi connectivity index (χ3n) is 0.894. The minimum atomic E-state index is -1.47. The average Bonchev–Trinajstić information content (AvgIpc) is 2.12. The molecule has 0 radical (unpaired) electrons. The third-order valence-corrected chi connectivity index (χ3v) is 0.894. The van der Waals surface area contributed by atoms with Crippen molar-refractivity contribution in [2.45, 2.75) is 6.42 Å². The molecule has 8 heavy (non-hydrogen) atoms. The molecule has 44 valence electrons. The van der Waals surface area contributed by atoms with Crippen LogP contribution >= 0.6 is 0 Å². The van der Waals surface area contributed by atoms with E-state index in [0.29, 0.717) is 13.0 Å². The summed E-state index contributed by atoms with van der Waals surface area (Å²) in [6.45, 7) is 0.384. The second-order valence-corrected chi connectivity index (χ2v) is 1.46. The van der Waals surface area contributed by atoms with Crippen LogP contribution in [0.5, 0.6) is 0 Å². The minimum Gasteiger partial charge on any atom is -0.232 e. The van der Waals surface area contributed by atoms with Crippen molar-refractivity contribution in [1.29, 1.82) is 0 Å². The standard InChI is InChI=1S/C4H5FN2O/c5-4(8)7-3-1-2-6-7/h2H,1,3H2. The number of nitrogens with zero attached hydrogens (tertiary/aromatic N) is 2. The Kier molecular flexibility index (Phi) is 1.24. The van der Waals surface area contributed by atoms with Crippen molar-refractivity contribution in [3.63, 3.8) is 0 Å². The molecule has 0 fully saturated rings. The monoisotopic (exact) mass is 116 g/mol. The molecule has 0 saturated heterocycles. The quantitative estimate of drug-likeness (QED) is 0.340. The first-order valence-corrected chi connectivity index (χ1v) is 2.30. The van der Waals surface area contributed by atoms with Gasteiger partial charge in [-0.15, -0.1) is 4.39 Å². The van der Waals surface area contributed by atoms with Gasteiger partial charge in [-0.2, -0.15) is 5.10 Å². The van der Waals surface area contributed by atoms with E-state index in [-0.39, 0.29) is 0 Å². The third kappa shape index (κ3) is 0.828. The maximum atomic E-state index is 11.6. The number of carbonyl (C=O) groups is 1. The van der Waals surface area contributed by atoms with E-state index in [1.54, 1.807) is 0 Å². The van der Waals surface area contributed by atoms with Gasteiger partial charge in [-0.25, -0.2) is 9.80 Å². The van der Waals surface area contributed by atoms with Gasteiger partial charge in [-0.05, 0) is 0 Å². The van der Waals surface area contributed by atoms with Gasteiger partial charge < -0.3 is 0 Å². The summed E-state index contributed by atoms with van der Waals surface area (Å²) in [5.41, 5.74) is 0. The van der Waals surface area contributed by atoms with Gasteiger partial charge in [0.2, 0.25) is 0 Å². The Morgan fingerprint density at radius 3 is 2.88 bits per heavy atom. The number of carbonyl (C=O) groups excluding carboxylic acids is 1. The molecule has 0 atom stereocenters. The fourth-order valence-electron chi connectivity index (χ4n) is 0.527. The summed E-state index contributed by atoms with van der Waals surface area (Å²) in [4.78, 5) is 9.79. The van der Waals surface area contributed by atoms with Gasteiger partial charge in [0.15, 0.2) is 0 Å². The molecule has 0 aromatic carbocycles. The number of hydrogen-bond donors (Lipinski definition) is 0. The lowest BCUT2D eigenvalue weighted by atomic mass is 10.5. The first-order chi connectivity index (χ1) is 3.80. The highest BCUT2D eigenvalue weighted by Crippen LogP contribution is 2.00. The Morgan fingerprint density at radius 1 is 1.88 bits per heavy atom. The van der Waals surface area contributed by atoms with Crippen LogP contribution in [0.4, 0.5) is 9.18 Å². The molecule has 0 bridgehead atoms. The molecular weight excluding hydrogens is 111 g/mol. The van der Waals surface area contributed by atoms with Crippen LogP contribution in [0, 0.1) is 0 Å². The first-order valence-electron chi connectivity index (χ1n) is 2.30. The second kappa shape index (κ2) is 1.90. The molecule has 0 N–H and O–H groups in total. The molecule has 0 unspecified atom stereocenters. The van der Waals surface area contributed by atoms with Crippen LogP contribution in [0.25, 0.3) is 0 Å². The smallest absolute Gasteiger partial charge is 0.232 e. The van der Waals surface area contributed by atoms with Crippen molar-refractivity contribution in [3.05, 3.63) is 0 Å². The molecule has 1 aliphatic heterocycles. The summed E-state index contributed by atoms with van der Waals surface area (Å²) in [6, 6.07) is 0. The highest BCUT2D eigenvalue weighted by molar-refractivity contribution is 5.71. The lowest BCUT2D eigenvalue weighted by Gasteiger charge is -2.01. The van der Waals surface area contributed by atoms with E-state index in [2.05, 4.69) is 5.10 Å². The molecule has 3 nitrogen and oxygen atoms in total.